The van der Waals surface area contributed by atoms with Crippen molar-refractivity contribution < 1.29 is 18.0 Å². The summed E-state index contributed by atoms with van der Waals surface area (Å²) in [6.45, 7) is -0.505. The van der Waals surface area contributed by atoms with E-state index in [1.165, 1.54) is 24.4 Å². The third-order valence-electron chi connectivity index (χ3n) is 2.39. The molecule has 1 aromatic heterocycles. The molecule has 3 nitrogen and oxygen atoms in total. The third kappa shape index (κ3) is 2.58. The van der Waals surface area contributed by atoms with Gasteiger partial charge in [-0.1, -0.05) is 6.07 Å². The largest absolute Gasteiger partial charge is 0.298 e. The van der Waals surface area contributed by atoms with E-state index < -0.39 is 18.8 Å². The topological polar surface area (TPSA) is 34.9 Å². The second-order valence-corrected chi connectivity index (χ2v) is 3.67. The lowest BCUT2D eigenvalue weighted by Crippen LogP contribution is -2.06. The van der Waals surface area contributed by atoms with Crippen molar-refractivity contribution in [1.82, 2.24) is 9.78 Å². The number of benzene rings is 1. The van der Waals surface area contributed by atoms with Gasteiger partial charge in [-0.25, -0.2) is 13.2 Å². The van der Waals surface area contributed by atoms with Crippen LogP contribution in [-0.2, 0) is 6.54 Å². The van der Waals surface area contributed by atoms with E-state index in [2.05, 4.69) is 5.10 Å². The van der Waals surface area contributed by atoms with Gasteiger partial charge in [-0.2, -0.15) is 5.10 Å². The van der Waals surface area contributed by atoms with Crippen molar-refractivity contribution in [1.29, 1.82) is 0 Å². The first kappa shape index (κ1) is 12.3. The summed E-state index contributed by atoms with van der Waals surface area (Å²) in [4.78, 5) is 10.5. The summed E-state index contributed by atoms with van der Waals surface area (Å²) in [5.74, 6) is -0.661. The highest BCUT2D eigenvalue weighted by Gasteiger charge is 2.09. The van der Waals surface area contributed by atoms with E-state index in [1.54, 1.807) is 0 Å². The number of carbonyl (C=O) groups is 1. The van der Waals surface area contributed by atoms with Crippen molar-refractivity contribution in [2.45, 2.75) is 13.0 Å². The van der Waals surface area contributed by atoms with Gasteiger partial charge in [-0.15, -0.1) is 0 Å². The first-order valence-electron chi connectivity index (χ1n) is 5.17. The first-order valence-corrected chi connectivity index (χ1v) is 5.17. The number of carbonyl (C=O) groups excluding carboxylic acids is 1. The number of rotatable bonds is 4. The first-order chi connectivity index (χ1) is 8.60. The number of aromatic nitrogens is 2. The highest BCUT2D eigenvalue weighted by molar-refractivity contribution is 5.76. The van der Waals surface area contributed by atoms with Crippen LogP contribution in [0.5, 0.6) is 0 Å². The van der Waals surface area contributed by atoms with Crippen molar-refractivity contribution in [2.75, 3.05) is 0 Å². The summed E-state index contributed by atoms with van der Waals surface area (Å²) in [7, 11) is 0. The van der Waals surface area contributed by atoms with Gasteiger partial charge >= 0.3 is 0 Å². The smallest absolute Gasteiger partial charge is 0.257 e. The third-order valence-corrected chi connectivity index (χ3v) is 2.39. The van der Waals surface area contributed by atoms with Gasteiger partial charge in [0.05, 0.1) is 11.3 Å². The molecule has 0 atom stereocenters. The average molecular weight is 254 g/mol. The van der Waals surface area contributed by atoms with Crippen LogP contribution in [0.4, 0.5) is 13.2 Å². The Morgan fingerprint density at radius 3 is 2.72 bits per heavy atom. The molecule has 0 radical (unpaired) electrons. The lowest BCUT2D eigenvalue weighted by molar-refractivity contribution is 0.111. The van der Waals surface area contributed by atoms with Crippen LogP contribution >= 0.6 is 0 Å². The van der Waals surface area contributed by atoms with Gasteiger partial charge in [-0.05, 0) is 18.2 Å². The average Bonchev–Trinajstić information content (AvgIpc) is 2.76. The molecule has 0 aliphatic rings. The van der Waals surface area contributed by atoms with E-state index in [0.29, 0.717) is 17.5 Å². The summed E-state index contributed by atoms with van der Waals surface area (Å²) in [5, 5.41) is 3.90. The zero-order valence-corrected chi connectivity index (χ0v) is 9.19. The minimum atomic E-state index is -2.49. The second kappa shape index (κ2) is 5.03. The van der Waals surface area contributed by atoms with Crippen LogP contribution in [0, 0.1) is 5.82 Å². The molecule has 2 rings (SSSR count). The Morgan fingerprint density at radius 2 is 2.11 bits per heavy atom. The van der Waals surface area contributed by atoms with Gasteiger partial charge < -0.3 is 0 Å². The summed E-state index contributed by atoms with van der Waals surface area (Å²) in [6, 6.07) is 5.50. The molecule has 0 spiro atoms. The molecule has 0 fully saturated rings. The van der Waals surface area contributed by atoms with Crippen LogP contribution in [0.3, 0.4) is 0 Å². The van der Waals surface area contributed by atoms with Crippen LogP contribution in [-0.4, -0.2) is 22.5 Å². The van der Waals surface area contributed by atoms with Crippen LogP contribution in [0.2, 0.25) is 0 Å². The number of halogens is 3. The van der Waals surface area contributed by atoms with Gasteiger partial charge in [0.2, 0.25) is 0 Å². The normalized spacial score (nSPS) is 10.9. The molecule has 94 valence electrons. The maximum absolute atomic E-state index is 13.4. The van der Waals surface area contributed by atoms with Crippen molar-refractivity contribution in [2.24, 2.45) is 0 Å². The van der Waals surface area contributed by atoms with Crippen molar-refractivity contribution in [3.63, 3.8) is 0 Å². The van der Waals surface area contributed by atoms with Gasteiger partial charge in [-0.3, -0.25) is 9.48 Å². The Bertz CT molecular complexity index is 566. The molecule has 0 amide bonds. The molecule has 1 aromatic carbocycles. The molecule has 0 saturated heterocycles. The number of aldehydes is 1. The molecule has 18 heavy (non-hydrogen) atoms. The molecule has 0 aliphatic heterocycles. The standard InChI is InChI=1S/C12H9F3N2O/c13-10-5-8(1-2-9(10)7-18)11-3-4-17(16-11)6-12(14)15/h1-5,7,12H,6H2. The van der Waals surface area contributed by atoms with E-state index >= 15 is 0 Å². The maximum Gasteiger partial charge on any atom is 0.257 e. The zero-order valence-electron chi connectivity index (χ0n) is 9.19. The molecule has 0 aliphatic carbocycles. The molecule has 0 N–H and O–H groups in total. The highest BCUT2D eigenvalue weighted by atomic mass is 19.3. The molecule has 0 saturated carbocycles. The lowest BCUT2D eigenvalue weighted by Gasteiger charge is -2.01. The number of nitrogens with zero attached hydrogens (tertiary/aromatic N) is 2. The van der Waals surface area contributed by atoms with Crippen LogP contribution in [0.1, 0.15) is 10.4 Å². The van der Waals surface area contributed by atoms with Gasteiger partial charge in [0.1, 0.15) is 12.4 Å². The number of hydrogen-bond acceptors (Lipinski definition) is 2. The predicted molar refractivity (Wildman–Crippen MR) is 59.0 cm³/mol. The Hall–Kier alpha value is -2.11. The van der Waals surface area contributed by atoms with Crippen LogP contribution < -0.4 is 0 Å². The molecular weight excluding hydrogens is 245 g/mol. The summed E-state index contributed by atoms with van der Waals surface area (Å²) < 4.78 is 38.7. The van der Waals surface area contributed by atoms with E-state index in [0.717, 1.165) is 10.7 Å². The molecular formula is C12H9F3N2O. The molecule has 2 aromatic rings. The van der Waals surface area contributed by atoms with Crippen molar-refractivity contribution in [3.8, 4) is 11.3 Å². The summed E-state index contributed by atoms with van der Waals surface area (Å²) >= 11 is 0. The highest BCUT2D eigenvalue weighted by Crippen LogP contribution is 2.19. The minimum absolute atomic E-state index is 0.0502. The maximum atomic E-state index is 13.4. The summed E-state index contributed by atoms with van der Waals surface area (Å²) in [5.41, 5.74) is 0.767. The van der Waals surface area contributed by atoms with Gasteiger partial charge in [0, 0.05) is 11.8 Å². The van der Waals surface area contributed by atoms with E-state index in [-0.39, 0.29) is 5.56 Å². The Morgan fingerprint density at radius 1 is 1.33 bits per heavy atom. The van der Waals surface area contributed by atoms with E-state index in [9.17, 15) is 18.0 Å². The van der Waals surface area contributed by atoms with Crippen LogP contribution in [0.25, 0.3) is 11.3 Å². The monoisotopic (exact) mass is 254 g/mol. The quantitative estimate of drug-likeness (QED) is 0.786. The SMILES string of the molecule is O=Cc1ccc(-c2ccn(CC(F)F)n2)cc1F. The minimum Gasteiger partial charge on any atom is -0.298 e. The molecule has 0 unspecified atom stereocenters. The summed E-state index contributed by atoms with van der Waals surface area (Å²) in [6.07, 6.45) is -0.687. The molecule has 0 bridgehead atoms. The lowest BCUT2D eigenvalue weighted by atomic mass is 10.1. The fraction of sp³-hybridized carbons (Fsp3) is 0.167. The zero-order chi connectivity index (χ0) is 13.1. The second-order valence-electron chi connectivity index (χ2n) is 3.67. The van der Waals surface area contributed by atoms with E-state index in [4.69, 9.17) is 0 Å². The molecule has 1 heterocycles. The van der Waals surface area contributed by atoms with Gasteiger partial charge in [0.25, 0.3) is 6.43 Å². The Labute approximate surface area is 101 Å². The number of alkyl halides is 2. The molecule has 6 heteroatoms. The van der Waals surface area contributed by atoms with Gasteiger partial charge in [0.15, 0.2) is 6.29 Å². The predicted octanol–water partition coefficient (Wildman–Crippen LogP) is 2.77. The van der Waals surface area contributed by atoms with E-state index in [1.807, 2.05) is 0 Å². The van der Waals surface area contributed by atoms with Crippen molar-refractivity contribution in [3.05, 3.63) is 41.8 Å². The van der Waals surface area contributed by atoms with Crippen molar-refractivity contribution >= 4 is 6.29 Å². The fourth-order valence-corrected chi connectivity index (χ4v) is 1.54. The Kier molecular flexibility index (Phi) is 3.45. The Balaban J connectivity index is 2.28. The number of hydrogen-bond donors (Lipinski definition) is 0. The van der Waals surface area contributed by atoms with Crippen LogP contribution in [0.15, 0.2) is 30.5 Å². The fourth-order valence-electron chi connectivity index (χ4n) is 1.54.